The zero-order chi connectivity index (χ0) is 18.7. The van der Waals surface area contributed by atoms with Crippen LogP contribution in [0.15, 0.2) is 29.2 Å². The van der Waals surface area contributed by atoms with Crippen molar-refractivity contribution in [1.29, 1.82) is 0 Å². The predicted octanol–water partition coefficient (Wildman–Crippen LogP) is 1.94. The molecular formula is C17H28N2O4S2. The Morgan fingerprint density at radius 3 is 2.56 bits per heavy atom. The van der Waals surface area contributed by atoms with Gasteiger partial charge in [0.2, 0.25) is 15.9 Å². The fourth-order valence-electron chi connectivity index (χ4n) is 2.11. The van der Waals surface area contributed by atoms with E-state index in [2.05, 4.69) is 10.0 Å². The molecule has 0 fully saturated rings. The number of hydrogen-bond donors (Lipinski definition) is 2. The van der Waals surface area contributed by atoms with Crippen molar-refractivity contribution in [3.63, 3.8) is 0 Å². The number of amides is 1. The summed E-state index contributed by atoms with van der Waals surface area (Å²) in [6.45, 7) is 5.47. The highest BCUT2D eigenvalue weighted by Crippen LogP contribution is 2.12. The van der Waals surface area contributed by atoms with Gasteiger partial charge >= 0.3 is 0 Å². The third-order valence-corrected chi connectivity index (χ3v) is 5.66. The molecule has 0 radical (unpaired) electrons. The van der Waals surface area contributed by atoms with Crippen LogP contribution in [-0.4, -0.2) is 52.1 Å². The molecule has 1 rings (SSSR count). The van der Waals surface area contributed by atoms with Crippen molar-refractivity contribution in [2.75, 3.05) is 31.8 Å². The predicted molar refractivity (Wildman–Crippen MR) is 102 cm³/mol. The van der Waals surface area contributed by atoms with Crippen molar-refractivity contribution in [2.45, 2.75) is 37.6 Å². The summed E-state index contributed by atoms with van der Waals surface area (Å²) in [6, 6.07) is 5.77. The summed E-state index contributed by atoms with van der Waals surface area (Å²) in [7, 11) is -3.74. The maximum atomic E-state index is 12.5. The first-order valence-corrected chi connectivity index (χ1v) is 11.2. The Hall–Kier alpha value is -1.09. The molecule has 1 unspecified atom stereocenters. The Labute approximate surface area is 155 Å². The van der Waals surface area contributed by atoms with E-state index in [0.717, 1.165) is 5.56 Å². The number of carbonyl (C=O) groups is 1. The largest absolute Gasteiger partial charge is 0.382 e. The molecule has 0 heterocycles. The Kier molecular flexibility index (Phi) is 10.1. The maximum absolute atomic E-state index is 12.5. The molecule has 1 atom stereocenters. The molecule has 0 saturated heterocycles. The summed E-state index contributed by atoms with van der Waals surface area (Å²) in [4.78, 5) is 12.5. The Morgan fingerprint density at radius 1 is 1.28 bits per heavy atom. The average Bonchev–Trinajstić information content (AvgIpc) is 2.58. The number of nitrogens with one attached hydrogen (secondary N) is 2. The number of aryl methyl sites for hydroxylation is 1. The minimum atomic E-state index is -3.74. The molecule has 6 nitrogen and oxygen atoms in total. The van der Waals surface area contributed by atoms with Gasteiger partial charge in [0, 0.05) is 19.8 Å². The second kappa shape index (κ2) is 11.5. The lowest BCUT2D eigenvalue weighted by atomic mass is 10.2. The highest BCUT2D eigenvalue weighted by molar-refractivity contribution is 7.98. The molecular weight excluding hydrogens is 360 g/mol. The first kappa shape index (κ1) is 22.0. The van der Waals surface area contributed by atoms with Crippen molar-refractivity contribution in [2.24, 2.45) is 0 Å². The molecule has 2 N–H and O–H groups in total. The molecule has 0 aliphatic heterocycles. The lowest BCUT2D eigenvalue weighted by molar-refractivity contribution is -0.122. The van der Waals surface area contributed by atoms with Crippen LogP contribution < -0.4 is 10.0 Å². The zero-order valence-corrected chi connectivity index (χ0v) is 16.7. The smallest absolute Gasteiger partial charge is 0.241 e. The zero-order valence-electron chi connectivity index (χ0n) is 15.1. The molecule has 8 heteroatoms. The molecule has 142 valence electrons. The van der Waals surface area contributed by atoms with E-state index in [1.165, 1.54) is 0 Å². The molecule has 1 aromatic rings. The van der Waals surface area contributed by atoms with Gasteiger partial charge in [0.1, 0.15) is 6.04 Å². The highest BCUT2D eigenvalue weighted by Gasteiger charge is 2.25. The Bertz CT molecular complexity index is 618. The second-order valence-corrected chi connectivity index (χ2v) is 8.31. The molecule has 0 saturated carbocycles. The van der Waals surface area contributed by atoms with Gasteiger partial charge in [-0.1, -0.05) is 17.7 Å². The van der Waals surface area contributed by atoms with Crippen molar-refractivity contribution in [3.05, 3.63) is 29.8 Å². The monoisotopic (exact) mass is 388 g/mol. The van der Waals surface area contributed by atoms with Gasteiger partial charge < -0.3 is 10.1 Å². The van der Waals surface area contributed by atoms with Crippen molar-refractivity contribution in [3.8, 4) is 0 Å². The summed E-state index contributed by atoms with van der Waals surface area (Å²) in [5.41, 5.74) is 0.977. The fourth-order valence-corrected chi connectivity index (χ4v) is 3.81. The first-order chi connectivity index (χ1) is 11.9. The third kappa shape index (κ3) is 8.22. The van der Waals surface area contributed by atoms with Crippen molar-refractivity contribution < 1.29 is 17.9 Å². The van der Waals surface area contributed by atoms with Gasteiger partial charge in [0.05, 0.1) is 4.90 Å². The minimum Gasteiger partial charge on any atom is -0.382 e. The molecule has 0 aliphatic rings. The number of hydrogen-bond acceptors (Lipinski definition) is 5. The average molecular weight is 389 g/mol. The van der Waals surface area contributed by atoms with Gasteiger partial charge in [-0.25, -0.2) is 8.42 Å². The van der Waals surface area contributed by atoms with Gasteiger partial charge in [-0.05, 0) is 50.8 Å². The van der Waals surface area contributed by atoms with E-state index < -0.39 is 16.1 Å². The van der Waals surface area contributed by atoms with Gasteiger partial charge in [-0.2, -0.15) is 16.5 Å². The van der Waals surface area contributed by atoms with Crippen LogP contribution in [0.25, 0.3) is 0 Å². The van der Waals surface area contributed by atoms with E-state index in [9.17, 15) is 13.2 Å². The normalized spacial score (nSPS) is 12.8. The number of ether oxygens (including phenoxy) is 1. The standard InChI is InChI=1S/C17H28N2O4S2/c1-4-23-12-5-11-18-17(20)16(10-13-24-3)19-25(21,22)15-8-6-14(2)7-9-15/h6-9,16,19H,4-5,10-13H2,1-3H3,(H,18,20). The Morgan fingerprint density at radius 2 is 1.96 bits per heavy atom. The lowest BCUT2D eigenvalue weighted by Gasteiger charge is -2.18. The van der Waals surface area contributed by atoms with E-state index in [1.807, 2.05) is 20.1 Å². The van der Waals surface area contributed by atoms with E-state index in [1.54, 1.807) is 36.0 Å². The van der Waals surface area contributed by atoms with Gasteiger partial charge in [-0.15, -0.1) is 0 Å². The minimum absolute atomic E-state index is 0.163. The summed E-state index contributed by atoms with van der Waals surface area (Å²) >= 11 is 1.57. The third-order valence-electron chi connectivity index (χ3n) is 3.52. The second-order valence-electron chi connectivity index (χ2n) is 5.61. The Balaban J connectivity index is 2.70. The maximum Gasteiger partial charge on any atom is 0.241 e. The van der Waals surface area contributed by atoms with Crippen LogP contribution in [0, 0.1) is 6.92 Å². The quantitative estimate of drug-likeness (QED) is 0.535. The van der Waals surface area contributed by atoms with Gasteiger partial charge in [0.15, 0.2) is 0 Å². The van der Waals surface area contributed by atoms with Crippen LogP contribution in [-0.2, 0) is 19.6 Å². The highest BCUT2D eigenvalue weighted by atomic mass is 32.2. The topological polar surface area (TPSA) is 84.5 Å². The summed E-state index contributed by atoms with van der Waals surface area (Å²) in [5.74, 6) is 0.384. The molecule has 0 bridgehead atoms. The van der Waals surface area contributed by atoms with E-state index in [0.29, 0.717) is 38.4 Å². The number of benzene rings is 1. The first-order valence-electron chi connectivity index (χ1n) is 8.34. The van der Waals surface area contributed by atoms with Crippen LogP contribution in [0.1, 0.15) is 25.3 Å². The van der Waals surface area contributed by atoms with Gasteiger partial charge in [-0.3, -0.25) is 4.79 Å². The molecule has 25 heavy (non-hydrogen) atoms. The molecule has 0 aliphatic carbocycles. The molecule has 1 amide bonds. The molecule has 0 spiro atoms. The van der Waals surface area contributed by atoms with E-state index in [4.69, 9.17) is 4.74 Å². The van der Waals surface area contributed by atoms with Gasteiger partial charge in [0.25, 0.3) is 0 Å². The number of thioether (sulfide) groups is 1. The van der Waals surface area contributed by atoms with Crippen molar-refractivity contribution in [1.82, 2.24) is 10.0 Å². The fraction of sp³-hybridized carbons (Fsp3) is 0.588. The van der Waals surface area contributed by atoms with Crippen LogP contribution in [0.2, 0.25) is 0 Å². The summed E-state index contributed by atoms with van der Waals surface area (Å²) < 4.78 is 32.8. The van der Waals surface area contributed by atoms with E-state index >= 15 is 0 Å². The summed E-state index contributed by atoms with van der Waals surface area (Å²) in [6.07, 6.45) is 3.05. The SMILES string of the molecule is CCOCCCNC(=O)C(CCSC)NS(=O)(=O)c1ccc(C)cc1. The van der Waals surface area contributed by atoms with Crippen LogP contribution in [0.3, 0.4) is 0 Å². The summed E-state index contributed by atoms with van der Waals surface area (Å²) in [5, 5.41) is 2.78. The number of sulfonamides is 1. The van der Waals surface area contributed by atoms with Crippen molar-refractivity contribution >= 4 is 27.7 Å². The lowest BCUT2D eigenvalue weighted by Crippen LogP contribution is -2.47. The van der Waals surface area contributed by atoms with Crippen LogP contribution >= 0.6 is 11.8 Å². The number of carbonyl (C=O) groups excluding carboxylic acids is 1. The number of rotatable bonds is 12. The van der Waals surface area contributed by atoms with Crippen LogP contribution in [0.5, 0.6) is 0 Å². The van der Waals surface area contributed by atoms with Crippen LogP contribution in [0.4, 0.5) is 0 Å². The van der Waals surface area contributed by atoms with E-state index in [-0.39, 0.29) is 10.8 Å². The molecule has 1 aromatic carbocycles. The molecule has 0 aromatic heterocycles.